The molecule has 3 aliphatic heterocycles. The van der Waals surface area contributed by atoms with E-state index in [1.54, 1.807) is 11.8 Å². The number of nitrogens with one attached hydrogen (secondary N) is 1. The van der Waals surface area contributed by atoms with Crippen LogP contribution in [0.5, 0.6) is 0 Å². The highest BCUT2D eigenvalue weighted by molar-refractivity contribution is 6.25. The lowest BCUT2D eigenvalue weighted by atomic mass is 9.88. The molecule has 0 saturated carbocycles. The monoisotopic (exact) mass is 539 g/mol. The molecule has 0 aromatic heterocycles. The largest absolute Gasteiger partial charge is 0.351 e. The highest BCUT2D eigenvalue weighted by Crippen LogP contribution is 2.49. The van der Waals surface area contributed by atoms with Crippen LogP contribution in [0.2, 0.25) is 0 Å². The van der Waals surface area contributed by atoms with E-state index < -0.39 is 51.5 Å². The van der Waals surface area contributed by atoms with Crippen molar-refractivity contribution in [1.82, 2.24) is 0 Å². The van der Waals surface area contributed by atoms with Crippen molar-refractivity contribution in [2.45, 2.75) is 19.0 Å². The second kappa shape index (κ2) is 9.12. The van der Waals surface area contributed by atoms with Crippen LogP contribution in [0.15, 0.2) is 72.8 Å². The Morgan fingerprint density at radius 3 is 2.17 bits per heavy atom. The van der Waals surface area contributed by atoms with E-state index in [2.05, 4.69) is 5.32 Å². The van der Waals surface area contributed by atoms with Crippen LogP contribution in [-0.4, -0.2) is 39.7 Å². The van der Waals surface area contributed by atoms with Gasteiger partial charge in [-0.25, -0.2) is 4.90 Å². The van der Waals surface area contributed by atoms with E-state index in [0.717, 1.165) is 10.5 Å². The minimum absolute atomic E-state index is 0.139. The number of carbonyl (C=O) groups excluding carboxylic acids is 3. The maximum absolute atomic E-state index is 14.0. The van der Waals surface area contributed by atoms with Crippen molar-refractivity contribution in [1.29, 1.82) is 0 Å². The number of benzene rings is 3. The van der Waals surface area contributed by atoms with Crippen molar-refractivity contribution in [2.75, 3.05) is 15.1 Å². The Bertz CT molecular complexity index is 1650. The molecule has 4 atom stereocenters. The average molecular weight is 540 g/mol. The second-order valence-corrected chi connectivity index (χ2v) is 9.85. The summed E-state index contributed by atoms with van der Waals surface area (Å²) >= 11 is 0. The molecule has 3 aromatic rings. The van der Waals surface area contributed by atoms with Gasteiger partial charge >= 0.3 is 0 Å². The SMILES string of the molecule is Cc1cc([N+](=O)[O-])ccc1N1C(=O)[C@@H]2[C@H](C1=O)[C@@H](C(=O)Nc1ccc([N+](=O)[O-])cc1)N1c3ccccc3C=C[C@H]21. The molecule has 6 rings (SSSR count). The van der Waals surface area contributed by atoms with Gasteiger partial charge in [-0.3, -0.25) is 34.6 Å². The first-order valence-corrected chi connectivity index (χ1v) is 12.4. The predicted octanol–water partition coefficient (Wildman–Crippen LogP) is 3.84. The van der Waals surface area contributed by atoms with Crippen LogP contribution in [0.4, 0.5) is 28.4 Å². The fourth-order valence-electron chi connectivity index (χ4n) is 5.94. The molecular formula is C28H21N5O7. The molecule has 40 heavy (non-hydrogen) atoms. The minimum Gasteiger partial charge on any atom is -0.351 e. The first kappa shape index (κ1) is 24.9. The molecule has 0 bridgehead atoms. The fraction of sp³-hybridized carbons (Fsp3) is 0.179. The molecule has 3 amide bonds. The molecule has 3 aromatic carbocycles. The summed E-state index contributed by atoms with van der Waals surface area (Å²) in [6.45, 7) is 1.58. The third-order valence-electron chi connectivity index (χ3n) is 7.66. The number of rotatable bonds is 5. The normalized spacial score (nSPS) is 22.5. The predicted molar refractivity (Wildman–Crippen MR) is 145 cm³/mol. The maximum atomic E-state index is 14.0. The summed E-state index contributed by atoms with van der Waals surface area (Å²) in [5, 5.41) is 25.0. The topological polar surface area (TPSA) is 156 Å². The lowest BCUT2D eigenvalue weighted by Gasteiger charge is -2.36. The maximum Gasteiger partial charge on any atom is 0.269 e. The van der Waals surface area contributed by atoms with E-state index in [1.165, 1.54) is 42.5 Å². The van der Waals surface area contributed by atoms with Crippen LogP contribution >= 0.6 is 0 Å². The Morgan fingerprint density at radius 1 is 0.850 bits per heavy atom. The summed E-state index contributed by atoms with van der Waals surface area (Å²) in [7, 11) is 0. The van der Waals surface area contributed by atoms with Crippen molar-refractivity contribution < 1.29 is 24.2 Å². The Labute approximate surface area is 226 Å². The molecule has 3 aliphatic rings. The smallest absolute Gasteiger partial charge is 0.269 e. The highest BCUT2D eigenvalue weighted by atomic mass is 16.6. The lowest BCUT2D eigenvalue weighted by Crippen LogP contribution is -2.50. The van der Waals surface area contributed by atoms with Crippen LogP contribution in [-0.2, 0) is 14.4 Å². The Balaban J connectivity index is 1.41. The Morgan fingerprint density at radius 2 is 1.50 bits per heavy atom. The molecular weight excluding hydrogens is 518 g/mol. The van der Waals surface area contributed by atoms with Crippen molar-refractivity contribution in [3.63, 3.8) is 0 Å². The molecule has 0 aliphatic carbocycles. The zero-order valence-electron chi connectivity index (χ0n) is 21.0. The molecule has 2 fully saturated rings. The first-order valence-electron chi connectivity index (χ1n) is 12.4. The molecule has 12 nitrogen and oxygen atoms in total. The van der Waals surface area contributed by atoms with Crippen LogP contribution in [0.25, 0.3) is 6.08 Å². The van der Waals surface area contributed by atoms with Gasteiger partial charge in [0.05, 0.1) is 33.4 Å². The third-order valence-corrected chi connectivity index (χ3v) is 7.66. The lowest BCUT2D eigenvalue weighted by molar-refractivity contribution is -0.385. The van der Waals surface area contributed by atoms with Crippen LogP contribution in [0, 0.1) is 39.0 Å². The molecule has 0 unspecified atom stereocenters. The van der Waals surface area contributed by atoms with Gasteiger partial charge in [0.2, 0.25) is 17.7 Å². The number of fused-ring (bicyclic) bond motifs is 5. The van der Waals surface area contributed by atoms with E-state index in [1.807, 2.05) is 36.4 Å². The van der Waals surface area contributed by atoms with Gasteiger partial charge < -0.3 is 10.2 Å². The fourth-order valence-corrected chi connectivity index (χ4v) is 5.94. The Hall–Kier alpha value is -5.39. The molecule has 0 spiro atoms. The highest BCUT2D eigenvalue weighted by Gasteiger charge is 2.64. The number of hydrogen-bond donors (Lipinski definition) is 1. The number of aryl methyl sites for hydroxylation is 1. The summed E-state index contributed by atoms with van der Waals surface area (Å²) < 4.78 is 0. The van der Waals surface area contributed by atoms with Crippen LogP contribution < -0.4 is 15.1 Å². The quantitative estimate of drug-likeness (QED) is 0.291. The van der Waals surface area contributed by atoms with E-state index in [4.69, 9.17) is 0 Å². The molecule has 12 heteroatoms. The second-order valence-electron chi connectivity index (χ2n) is 9.85. The number of nitro benzene ring substituents is 2. The van der Waals surface area contributed by atoms with E-state index in [-0.39, 0.29) is 17.1 Å². The molecule has 0 radical (unpaired) electrons. The van der Waals surface area contributed by atoms with E-state index >= 15 is 0 Å². The summed E-state index contributed by atoms with van der Waals surface area (Å²) in [6.07, 6.45) is 3.68. The first-order chi connectivity index (χ1) is 19.2. The van der Waals surface area contributed by atoms with Crippen molar-refractivity contribution in [3.8, 4) is 0 Å². The van der Waals surface area contributed by atoms with E-state index in [0.29, 0.717) is 16.9 Å². The summed E-state index contributed by atoms with van der Waals surface area (Å²) in [6, 6.07) is 14.9. The van der Waals surface area contributed by atoms with Gasteiger partial charge in [-0.15, -0.1) is 0 Å². The van der Waals surface area contributed by atoms with Gasteiger partial charge in [0.25, 0.3) is 11.4 Å². The van der Waals surface area contributed by atoms with Gasteiger partial charge in [-0.1, -0.05) is 30.4 Å². The van der Waals surface area contributed by atoms with Gasteiger partial charge in [-0.2, -0.15) is 0 Å². The van der Waals surface area contributed by atoms with Crippen molar-refractivity contribution in [2.24, 2.45) is 11.8 Å². The van der Waals surface area contributed by atoms with Crippen LogP contribution in [0.1, 0.15) is 11.1 Å². The minimum atomic E-state index is -1.07. The number of para-hydroxylation sites is 1. The van der Waals surface area contributed by atoms with Gasteiger partial charge in [-0.05, 0) is 42.3 Å². The van der Waals surface area contributed by atoms with Crippen molar-refractivity contribution >= 4 is 52.2 Å². The number of carbonyl (C=O) groups is 3. The summed E-state index contributed by atoms with van der Waals surface area (Å²) in [4.78, 5) is 65.7. The molecule has 2 saturated heterocycles. The molecule has 3 heterocycles. The number of anilines is 3. The number of imide groups is 1. The van der Waals surface area contributed by atoms with Gasteiger partial charge in [0, 0.05) is 35.6 Å². The number of non-ortho nitro benzene ring substituents is 2. The zero-order chi connectivity index (χ0) is 28.3. The molecule has 200 valence electrons. The summed E-state index contributed by atoms with van der Waals surface area (Å²) in [5.41, 5.74) is 2.14. The number of amides is 3. The van der Waals surface area contributed by atoms with Crippen LogP contribution in [0.3, 0.4) is 0 Å². The number of nitro groups is 2. The third kappa shape index (κ3) is 3.72. The number of hydrogen-bond acceptors (Lipinski definition) is 8. The number of nitrogens with zero attached hydrogens (tertiary/aromatic N) is 4. The zero-order valence-corrected chi connectivity index (χ0v) is 21.0. The Kier molecular flexibility index (Phi) is 5.68. The standard InChI is InChI=1S/C28H21N5O7/c1-15-14-19(33(39)40)11-13-20(15)31-27(35)23-22-12-6-16-4-2-3-5-21(16)30(22)25(24(23)28(31)36)26(34)29-17-7-9-18(10-8-17)32(37)38/h2-14,22-25H,1H3,(H,29,34)/t22-,23+,24+,25+/m1/s1. The van der Waals surface area contributed by atoms with Crippen molar-refractivity contribution in [3.05, 3.63) is 104 Å². The van der Waals surface area contributed by atoms with Gasteiger partial charge in [0.1, 0.15) is 6.04 Å². The average Bonchev–Trinajstić information content (AvgIpc) is 3.41. The molecule has 1 N–H and O–H groups in total. The van der Waals surface area contributed by atoms with E-state index in [9.17, 15) is 34.6 Å². The van der Waals surface area contributed by atoms with Gasteiger partial charge in [0.15, 0.2) is 0 Å². The summed E-state index contributed by atoms with van der Waals surface area (Å²) in [5.74, 6) is -3.52.